The topological polar surface area (TPSA) is 66.4 Å². The van der Waals surface area contributed by atoms with Crippen LogP contribution in [0.4, 0.5) is 0 Å². The summed E-state index contributed by atoms with van der Waals surface area (Å²) in [6.07, 6.45) is 4.36. The van der Waals surface area contributed by atoms with Crippen LogP contribution in [0.25, 0.3) is 6.08 Å². The van der Waals surface area contributed by atoms with Crippen molar-refractivity contribution in [3.8, 4) is 0 Å². The lowest BCUT2D eigenvalue weighted by Crippen LogP contribution is -2.35. The molecule has 1 atom stereocenters. The maximum atomic E-state index is 11.8. The molecule has 0 spiro atoms. The standard InChI is InChI=1S/C15H18ClNO3/c1-2-5-12(10-15(19)20)17-14(18)9-8-11-6-3-4-7-13(11)16/h3-4,6-9,12H,2,5,10H2,1H3,(H,17,18)(H,19,20)/b9-8+. The lowest BCUT2D eigenvalue weighted by Gasteiger charge is -2.14. The van der Waals surface area contributed by atoms with Gasteiger partial charge in [0, 0.05) is 17.1 Å². The summed E-state index contributed by atoms with van der Waals surface area (Å²) in [5.41, 5.74) is 0.745. The van der Waals surface area contributed by atoms with E-state index in [1.54, 1.807) is 18.2 Å². The number of carboxylic acids is 1. The molecule has 5 heteroatoms. The van der Waals surface area contributed by atoms with Crippen molar-refractivity contribution in [3.05, 3.63) is 40.9 Å². The van der Waals surface area contributed by atoms with Crippen LogP contribution in [0.5, 0.6) is 0 Å². The fourth-order valence-electron chi connectivity index (χ4n) is 1.81. The molecule has 0 saturated carbocycles. The molecule has 0 radical (unpaired) electrons. The Balaban J connectivity index is 2.61. The number of hydrogen-bond donors (Lipinski definition) is 2. The van der Waals surface area contributed by atoms with Crippen LogP contribution in [0, 0.1) is 0 Å². The highest BCUT2D eigenvalue weighted by atomic mass is 35.5. The van der Waals surface area contributed by atoms with Gasteiger partial charge in [0.2, 0.25) is 5.91 Å². The van der Waals surface area contributed by atoms with Crippen molar-refractivity contribution in [1.82, 2.24) is 5.32 Å². The summed E-state index contributed by atoms with van der Waals surface area (Å²) in [4.78, 5) is 22.5. The number of nitrogens with one attached hydrogen (secondary N) is 1. The Morgan fingerprint density at radius 1 is 1.40 bits per heavy atom. The first kappa shape index (κ1) is 16.2. The molecule has 20 heavy (non-hydrogen) atoms. The van der Waals surface area contributed by atoms with Gasteiger partial charge in [-0.15, -0.1) is 0 Å². The molecule has 0 aliphatic heterocycles. The van der Waals surface area contributed by atoms with Gasteiger partial charge in [0.05, 0.1) is 6.42 Å². The van der Waals surface area contributed by atoms with Crippen molar-refractivity contribution in [2.24, 2.45) is 0 Å². The molecule has 0 heterocycles. The Morgan fingerprint density at radius 2 is 2.10 bits per heavy atom. The highest BCUT2D eigenvalue weighted by Crippen LogP contribution is 2.16. The zero-order valence-corrected chi connectivity index (χ0v) is 12.1. The predicted molar refractivity (Wildman–Crippen MR) is 79.6 cm³/mol. The number of aliphatic carboxylic acids is 1. The molecule has 0 saturated heterocycles. The van der Waals surface area contributed by atoms with E-state index in [-0.39, 0.29) is 18.4 Å². The highest BCUT2D eigenvalue weighted by Gasteiger charge is 2.13. The Kier molecular flexibility index (Phi) is 6.81. The largest absolute Gasteiger partial charge is 0.481 e. The van der Waals surface area contributed by atoms with Crippen LogP contribution >= 0.6 is 11.6 Å². The Hall–Kier alpha value is -1.81. The number of rotatable bonds is 7. The summed E-state index contributed by atoms with van der Waals surface area (Å²) < 4.78 is 0. The average molecular weight is 296 g/mol. The van der Waals surface area contributed by atoms with Crippen LogP contribution in [0.15, 0.2) is 30.3 Å². The van der Waals surface area contributed by atoms with Gasteiger partial charge in [-0.2, -0.15) is 0 Å². The van der Waals surface area contributed by atoms with Crippen molar-refractivity contribution >= 4 is 29.6 Å². The molecule has 2 N–H and O–H groups in total. The van der Waals surface area contributed by atoms with Gasteiger partial charge in [-0.3, -0.25) is 9.59 Å². The maximum absolute atomic E-state index is 11.8. The molecule has 108 valence electrons. The second kappa shape index (κ2) is 8.38. The van der Waals surface area contributed by atoms with Gasteiger partial charge in [-0.25, -0.2) is 0 Å². The third-order valence-corrected chi connectivity index (χ3v) is 3.07. The molecule has 0 fully saturated rings. The van der Waals surface area contributed by atoms with E-state index in [9.17, 15) is 9.59 Å². The number of carbonyl (C=O) groups is 2. The summed E-state index contributed by atoms with van der Waals surface area (Å²) in [6.45, 7) is 1.95. The number of amides is 1. The molecule has 0 aliphatic rings. The quantitative estimate of drug-likeness (QED) is 0.760. The molecule has 1 rings (SSSR count). The second-order valence-electron chi connectivity index (χ2n) is 4.45. The average Bonchev–Trinajstić information content (AvgIpc) is 2.37. The SMILES string of the molecule is CCCC(CC(=O)O)NC(=O)/C=C/c1ccccc1Cl. The first-order chi connectivity index (χ1) is 9.52. The third-order valence-electron chi connectivity index (χ3n) is 2.72. The van der Waals surface area contributed by atoms with E-state index in [4.69, 9.17) is 16.7 Å². The number of halogens is 1. The van der Waals surface area contributed by atoms with Gasteiger partial charge in [-0.05, 0) is 24.1 Å². The number of hydrogen-bond acceptors (Lipinski definition) is 2. The third kappa shape index (κ3) is 5.89. The van der Waals surface area contributed by atoms with Crippen LogP contribution in [0.3, 0.4) is 0 Å². The zero-order chi connectivity index (χ0) is 15.0. The molecule has 0 bridgehead atoms. The summed E-state index contributed by atoms with van der Waals surface area (Å²) in [6, 6.07) is 6.83. The molecule has 1 aromatic rings. The second-order valence-corrected chi connectivity index (χ2v) is 4.85. The van der Waals surface area contributed by atoms with Crippen molar-refractivity contribution in [1.29, 1.82) is 0 Å². The van der Waals surface area contributed by atoms with Gasteiger partial charge < -0.3 is 10.4 Å². The monoisotopic (exact) mass is 295 g/mol. The maximum Gasteiger partial charge on any atom is 0.305 e. The van der Waals surface area contributed by atoms with E-state index in [0.29, 0.717) is 11.4 Å². The fourth-order valence-corrected chi connectivity index (χ4v) is 2.01. The smallest absolute Gasteiger partial charge is 0.305 e. The minimum absolute atomic E-state index is 0.0699. The first-order valence-corrected chi connectivity index (χ1v) is 6.85. The lowest BCUT2D eigenvalue weighted by molar-refractivity contribution is -0.137. The Labute approximate surface area is 123 Å². The molecular formula is C15H18ClNO3. The molecule has 1 aromatic carbocycles. The molecule has 4 nitrogen and oxygen atoms in total. The molecule has 0 aliphatic carbocycles. The molecule has 0 aromatic heterocycles. The van der Waals surface area contributed by atoms with Gasteiger partial charge in [0.1, 0.15) is 0 Å². The normalized spacial score (nSPS) is 12.3. The van der Waals surface area contributed by atoms with Gasteiger partial charge in [0.25, 0.3) is 0 Å². The van der Waals surface area contributed by atoms with E-state index >= 15 is 0 Å². The van der Waals surface area contributed by atoms with Gasteiger partial charge in [0.15, 0.2) is 0 Å². The Morgan fingerprint density at radius 3 is 2.70 bits per heavy atom. The lowest BCUT2D eigenvalue weighted by atomic mass is 10.1. The number of carboxylic acid groups (broad SMARTS) is 1. The van der Waals surface area contributed by atoms with Crippen molar-refractivity contribution < 1.29 is 14.7 Å². The van der Waals surface area contributed by atoms with Gasteiger partial charge >= 0.3 is 5.97 Å². The summed E-state index contributed by atoms with van der Waals surface area (Å²) in [5, 5.41) is 12.0. The van der Waals surface area contributed by atoms with Crippen molar-refractivity contribution in [2.75, 3.05) is 0 Å². The molecule has 1 amide bonds. The van der Waals surface area contributed by atoms with Crippen molar-refractivity contribution in [2.45, 2.75) is 32.2 Å². The molecular weight excluding hydrogens is 278 g/mol. The number of benzene rings is 1. The zero-order valence-electron chi connectivity index (χ0n) is 11.3. The number of carbonyl (C=O) groups excluding carboxylic acids is 1. The van der Waals surface area contributed by atoms with E-state index in [1.165, 1.54) is 6.08 Å². The van der Waals surface area contributed by atoms with Crippen LogP contribution in [-0.4, -0.2) is 23.0 Å². The van der Waals surface area contributed by atoms with Crippen LogP contribution in [-0.2, 0) is 9.59 Å². The minimum Gasteiger partial charge on any atom is -0.481 e. The van der Waals surface area contributed by atoms with Crippen LogP contribution in [0.2, 0.25) is 5.02 Å². The minimum atomic E-state index is -0.918. The van der Waals surface area contributed by atoms with E-state index < -0.39 is 5.97 Å². The van der Waals surface area contributed by atoms with E-state index in [0.717, 1.165) is 12.0 Å². The van der Waals surface area contributed by atoms with E-state index in [2.05, 4.69) is 5.32 Å². The highest BCUT2D eigenvalue weighted by molar-refractivity contribution is 6.32. The molecule has 1 unspecified atom stereocenters. The predicted octanol–water partition coefficient (Wildman–Crippen LogP) is 3.11. The summed E-state index contributed by atoms with van der Waals surface area (Å²) >= 11 is 5.97. The summed E-state index contributed by atoms with van der Waals surface area (Å²) in [7, 11) is 0. The fraction of sp³-hybridized carbons (Fsp3) is 0.333. The van der Waals surface area contributed by atoms with E-state index in [1.807, 2.05) is 19.1 Å². The summed E-state index contributed by atoms with van der Waals surface area (Å²) in [5.74, 6) is -1.23. The van der Waals surface area contributed by atoms with Crippen LogP contribution < -0.4 is 5.32 Å². The Bertz CT molecular complexity index is 500. The van der Waals surface area contributed by atoms with Gasteiger partial charge in [-0.1, -0.05) is 43.1 Å². The van der Waals surface area contributed by atoms with Crippen LogP contribution in [0.1, 0.15) is 31.7 Å². The first-order valence-electron chi connectivity index (χ1n) is 6.47. The van der Waals surface area contributed by atoms with Crippen molar-refractivity contribution in [3.63, 3.8) is 0 Å².